The number of pyridine rings is 1. The average molecular weight is 509 g/mol. The molecular weight excluding hydrogens is 464 g/mol. The molecule has 0 fully saturated rings. The molecule has 4 heteroatoms. The standard InChI is InChI=1S/C34H44N4/c1-21-18-28(23-14-17-26-27(19-23)33(7,8)34(9,10)32(26,5)6)37-20-25(21)29(35)38-30(36-11)22-12-15-24(16-13-22)31(2,3)4/h12-20H,1-11H3,(H2,35,36,38). The fourth-order valence-electron chi connectivity index (χ4n) is 5.74. The molecule has 0 saturated heterocycles. The van der Waals surface area contributed by atoms with E-state index in [1.807, 2.05) is 6.20 Å². The van der Waals surface area contributed by atoms with Gasteiger partial charge in [-0.15, -0.1) is 0 Å². The highest BCUT2D eigenvalue weighted by Crippen LogP contribution is 2.61. The second kappa shape index (κ2) is 9.18. The number of aromatic nitrogens is 1. The van der Waals surface area contributed by atoms with E-state index in [1.165, 1.54) is 16.7 Å². The van der Waals surface area contributed by atoms with Crippen LogP contribution in [0.4, 0.5) is 0 Å². The molecular formula is C34H44N4. The van der Waals surface area contributed by atoms with E-state index in [1.54, 1.807) is 7.05 Å². The highest BCUT2D eigenvalue weighted by molar-refractivity contribution is 6.11. The number of hydrogen-bond donors (Lipinski definition) is 1. The fourth-order valence-corrected chi connectivity index (χ4v) is 5.74. The van der Waals surface area contributed by atoms with Crippen LogP contribution in [-0.4, -0.2) is 23.7 Å². The molecule has 1 aromatic heterocycles. The predicted octanol–water partition coefficient (Wildman–Crippen LogP) is 7.73. The molecule has 0 unspecified atom stereocenters. The molecule has 1 heterocycles. The summed E-state index contributed by atoms with van der Waals surface area (Å²) in [7, 11) is 1.75. The molecule has 0 spiro atoms. The molecule has 2 aromatic carbocycles. The number of rotatable bonds is 3. The third kappa shape index (κ3) is 4.38. The smallest absolute Gasteiger partial charge is 0.156 e. The first-order valence-electron chi connectivity index (χ1n) is 13.6. The van der Waals surface area contributed by atoms with E-state index in [0.717, 1.165) is 27.9 Å². The van der Waals surface area contributed by atoms with Gasteiger partial charge in [-0.3, -0.25) is 9.98 Å². The number of benzene rings is 2. The lowest BCUT2D eigenvalue weighted by Crippen LogP contribution is -2.42. The number of nitrogens with zero attached hydrogens (tertiary/aromatic N) is 3. The summed E-state index contributed by atoms with van der Waals surface area (Å²) in [5.41, 5.74) is 15.9. The van der Waals surface area contributed by atoms with Crippen molar-refractivity contribution in [1.29, 1.82) is 0 Å². The molecule has 4 nitrogen and oxygen atoms in total. The number of fused-ring (bicyclic) bond motifs is 1. The van der Waals surface area contributed by atoms with Gasteiger partial charge in [-0.25, -0.2) is 4.99 Å². The van der Waals surface area contributed by atoms with E-state index >= 15 is 0 Å². The minimum absolute atomic E-state index is 0.0505. The molecule has 38 heavy (non-hydrogen) atoms. The van der Waals surface area contributed by atoms with Crippen LogP contribution < -0.4 is 5.73 Å². The highest BCUT2D eigenvalue weighted by Gasteiger charge is 2.56. The van der Waals surface area contributed by atoms with E-state index in [2.05, 4.69) is 123 Å². The van der Waals surface area contributed by atoms with Crippen LogP contribution in [0, 0.1) is 12.3 Å². The van der Waals surface area contributed by atoms with E-state index in [4.69, 9.17) is 15.7 Å². The molecule has 0 saturated carbocycles. The van der Waals surface area contributed by atoms with Crippen LogP contribution in [0.15, 0.2) is 64.7 Å². The Bertz CT molecular complexity index is 1430. The van der Waals surface area contributed by atoms with Gasteiger partial charge in [0.05, 0.1) is 5.69 Å². The Labute approximate surface area is 229 Å². The van der Waals surface area contributed by atoms with Crippen molar-refractivity contribution in [1.82, 2.24) is 4.98 Å². The van der Waals surface area contributed by atoms with Gasteiger partial charge in [-0.05, 0) is 63.0 Å². The quantitative estimate of drug-likeness (QED) is 0.291. The van der Waals surface area contributed by atoms with Gasteiger partial charge in [-0.2, -0.15) is 0 Å². The fraction of sp³-hybridized carbons (Fsp3) is 0.441. The Morgan fingerprint density at radius 1 is 0.842 bits per heavy atom. The van der Waals surface area contributed by atoms with Crippen LogP contribution in [0.5, 0.6) is 0 Å². The minimum atomic E-state index is 0.0505. The van der Waals surface area contributed by atoms with Crippen LogP contribution in [0.1, 0.15) is 95.7 Å². The Kier molecular flexibility index (Phi) is 6.71. The molecule has 4 rings (SSSR count). The predicted molar refractivity (Wildman–Crippen MR) is 163 cm³/mol. The second-order valence-corrected chi connectivity index (χ2v) is 13.4. The summed E-state index contributed by atoms with van der Waals surface area (Å²) >= 11 is 0. The third-order valence-electron chi connectivity index (χ3n) is 9.62. The zero-order valence-electron chi connectivity index (χ0n) is 25.1. The summed E-state index contributed by atoms with van der Waals surface area (Å²) in [6, 6.07) is 17.4. The summed E-state index contributed by atoms with van der Waals surface area (Å²) in [5.74, 6) is 1.03. The number of hydrogen-bond acceptors (Lipinski definition) is 2. The van der Waals surface area contributed by atoms with E-state index in [9.17, 15) is 0 Å². The van der Waals surface area contributed by atoms with Crippen molar-refractivity contribution in [2.24, 2.45) is 21.1 Å². The first-order valence-corrected chi connectivity index (χ1v) is 13.6. The maximum Gasteiger partial charge on any atom is 0.156 e. The van der Waals surface area contributed by atoms with Crippen molar-refractivity contribution in [2.45, 2.75) is 85.5 Å². The van der Waals surface area contributed by atoms with Gasteiger partial charge in [0.25, 0.3) is 0 Å². The van der Waals surface area contributed by atoms with Crippen molar-refractivity contribution in [3.63, 3.8) is 0 Å². The van der Waals surface area contributed by atoms with Crippen molar-refractivity contribution in [2.75, 3.05) is 7.05 Å². The lowest BCUT2D eigenvalue weighted by Gasteiger charge is -2.44. The Hall–Kier alpha value is -3.27. The van der Waals surface area contributed by atoms with Gasteiger partial charge < -0.3 is 5.73 Å². The van der Waals surface area contributed by atoms with Gasteiger partial charge in [0, 0.05) is 29.9 Å². The van der Waals surface area contributed by atoms with E-state index in [0.29, 0.717) is 11.7 Å². The number of aliphatic imine (C=N–C) groups is 2. The molecule has 200 valence electrons. The number of amidine groups is 2. The van der Waals surface area contributed by atoms with Gasteiger partial charge in [-0.1, -0.05) is 98.7 Å². The molecule has 0 radical (unpaired) electrons. The minimum Gasteiger partial charge on any atom is -0.383 e. The third-order valence-corrected chi connectivity index (χ3v) is 9.62. The van der Waals surface area contributed by atoms with Crippen molar-refractivity contribution >= 4 is 11.7 Å². The maximum absolute atomic E-state index is 6.50. The number of aryl methyl sites for hydroxylation is 1. The van der Waals surface area contributed by atoms with Crippen LogP contribution in [0.3, 0.4) is 0 Å². The molecule has 0 aliphatic heterocycles. The first-order chi connectivity index (χ1) is 17.5. The lowest BCUT2D eigenvalue weighted by molar-refractivity contribution is 0.125. The van der Waals surface area contributed by atoms with E-state index in [-0.39, 0.29) is 21.7 Å². The van der Waals surface area contributed by atoms with Gasteiger partial charge in [0.1, 0.15) is 5.84 Å². The summed E-state index contributed by atoms with van der Waals surface area (Å²) < 4.78 is 0. The largest absolute Gasteiger partial charge is 0.383 e. The lowest BCUT2D eigenvalue weighted by atomic mass is 9.59. The normalized spacial score (nSPS) is 18.4. The Balaban J connectivity index is 1.66. The topological polar surface area (TPSA) is 63.6 Å². The zero-order chi connectivity index (χ0) is 28.3. The summed E-state index contributed by atoms with van der Waals surface area (Å²) in [4.78, 5) is 13.9. The molecule has 0 atom stereocenters. The van der Waals surface area contributed by atoms with Gasteiger partial charge >= 0.3 is 0 Å². The SMILES string of the molecule is CN=C(N=C(N)c1cnc(-c2ccc3c(c2)C(C)(C)C(C)(C)C3(C)C)cc1C)c1ccc(C(C)(C)C)cc1. The Morgan fingerprint density at radius 2 is 1.45 bits per heavy atom. The number of nitrogens with two attached hydrogens (primary N) is 1. The molecule has 0 bridgehead atoms. The van der Waals surface area contributed by atoms with Crippen LogP contribution in [0.2, 0.25) is 0 Å². The molecule has 1 aliphatic rings. The van der Waals surface area contributed by atoms with Gasteiger partial charge in [0.15, 0.2) is 5.84 Å². The Morgan fingerprint density at radius 3 is 2.00 bits per heavy atom. The summed E-state index contributed by atoms with van der Waals surface area (Å²) in [5, 5.41) is 0. The van der Waals surface area contributed by atoms with E-state index < -0.39 is 0 Å². The highest BCUT2D eigenvalue weighted by atomic mass is 15.0. The zero-order valence-corrected chi connectivity index (χ0v) is 25.1. The molecule has 3 aromatic rings. The first kappa shape index (κ1) is 27.8. The summed E-state index contributed by atoms with van der Waals surface area (Å²) in [6.07, 6.45) is 1.84. The second-order valence-electron chi connectivity index (χ2n) is 13.4. The average Bonchev–Trinajstić information content (AvgIpc) is 2.95. The summed E-state index contributed by atoms with van der Waals surface area (Å²) in [6.45, 7) is 22.9. The van der Waals surface area contributed by atoms with Crippen molar-refractivity contribution < 1.29 is 0 Å². The van der Waals surface area contributed by atoms with Crippen molar-refractivity contribution in [3.05, 3.63) is 88.1 Å². The van der Waals surface area contributed by atoms with Crippen LogP contribution in [0.25, 0.3) is 11.3 Å². The van der Waals surface area contributed by atoms with Crippen LogP contribution >= 0.6 is 0 Å². The monoisotopic (exact) mass is 508 g/mol. The molecule has 0 amide bonds. The maximum atomic E-state index is 6.50. The van der Waals surface area contributed by atoms with Crippen molar-refractivity contribution in [3.8, 4) is 11.3 Å². The van der Waals surface area contributed by atoms with Crippen LogP contribution in [-0.2, 0) is 16.2 Å². The van der Waals surface area contributed by atoms with Gasteiger partial charge in [0.2, 0.25) is 0 Å². The molecule has 1 aliphatic carbocycles. The molecule has 2 N–H and O–H groups in total.